The Kier molecular flexibility index (Phi) is 4.17. The summed E-state index contributed by atoms with van der Waals surface area (Å²) in [5.74, 6) is -1.63. The van der Waals surface area contributed by atoms with Gasteiger partial charge in [0.25, 0.3) is 11.8 Å². The first-order valence-corrected chi connectivity index (χ1v) is 7.63. The number of halogens is 2. The van der Waals surface area contributed by atoms with Gasteiger partial charge in [-0.2, -0.15) is 0 Å². The Bertz CT molecular complexity index is 825. The van der Waals surface area contributed by atoms with Gasteiger partial charge in [0, 0.05) is 5.69 Å². The topological polar surface area (TPSA) is 92.5 Å². The molecule has 0 radical (unpaired) electrons. The number of fused-ring (bicyclic) bond motifs is 1. The van der Waals surface area contributed by atoms with E-state index in [0.29, 0.717) is 5.69 Å². The third-order valence-corrected chi connectivity index (χ3v) is 4.10. The van der Waals surface area contributed by atoms with Crippen molar-refractivity contribution < 1.29 is 14.4 Å². The maximum absolute atomic E-state index is 12.2. The lowest BCUT2D eigenvalue weighted by molar-refractivity contribution is -0.116. The van der Waals surface area contributed by atoms with Crippen LogP contribution in [0.1, 0.15) is 20.7 Å². The normalized spacial score (nSPS) is 13.2. The van der Waals surface area contributed by atoms with Crippen molar-refractivity contribution in [2.75, 3.05) is 17.6 Å². The lowest BCUT2D eigenvalue weighted by Crippen LogP contribution is -2.37. The summed E-state index contributed by atoms with van der Waals surface area (Å²) in [4.78, 5) is 37.5. The number of nitrogen functional groups attached to an aromatic ring is 1. The quantitative estimate of drug-likeness (QED) is 0.647. The van der Waals surface area contributed by atoms with Gasteiger partial charge in [0.15, 0.2) is 0 Å². The van der Waals surface area contributed by atoms with E-state index in [1.807, 2.05) is 0 Å². The van der Waals surface area contributed by atoms with Crippen molar-refractivity contribution >= 4 is 52.3 Å². The predicted octanol–water partition coefficient (Wildman–Crippen LogP) is 2.81. The Morgan fingerprint density at radius 1 is 1.04 bits per heavy atom. The SMILES string of the molecule is Nc1cc(Cl)c(NC(=O)CN2C(=O)c3ccccc3C2=O)c(Cl)c1. The summed E-state index contributed by atoms with van der Waals surface area (Å²) in [6.45, 7) is -0.441. The molecule has 0 unspecified atom stereocenters. The largest absolute Gasteiger partial charge is 0.399 e. The highest BCUT2D eigenvalue weighted by atomic mass is 35.5. The van der Waals surface area contributed by atoms with E-state index in [-0.39, 0.29) is 26.9 Å². The third-order valence-electron chi connectivity index (χ3n) is 3.51. The fourth-order valence-electron chi connectivity index (χ4n) is 2.42. The van der Waals surface area contributed by atoms with Crippen LogP contribution >= 0.6 is 23.2 Å². The number of amides is 3. The van der Waals surface area contributed by atoms with Crippen molar-refractivity contribution in [1.29, 1.82) is 0 Å². The van der Waals surface area contributed by atoms with Crippen LogP contribution < -0.4 is 11.1 Å². The van der Waals surface area contributed by atoms with Gasteiger partial charge in [-0.3, -0.25) is 19.3 Å². The summed E-state index contributed by atoms with van der Waals surface area (Å²) in [7, 11) is 0. The molecule has 2 aromatic rings. The Morgan fingerprint density at radius 2 is 1.54 bits per heavy atom. The molecule has 2 aromatic carbocycles. The van der Waals surface area contributed by atoms with Crippen LogP contribution in [0.25, 0.3) is 0 Å². The average molecular weight is 364 g/mol. The number of rotatable bonds is 3. The molecule has 0 spiro atoms. The van der Waals surface area contributed by atoms with E-state index in [4.69, 9.17) is 28.9 Å². The zero-order valence-electron chi connectivity index (χ0n) is 12.2. The molecule has 6 nitrogen and oxygen atoms in total. The minimum absolute atomic E-state index is 0.163. The van der Waals surface area contributed by atoms with Gasteiger partial charge in [0.2, 0.25) is 5.91 Å². The molecule has 0 aromatic heterocycles. The van der Waals surface area contributed by atoms with Crippen LogP contribution in [0.15, 0.2) is 36.4 Å². The highest BCUT2D eigenvalue weighted by Gasteiger charge is 2.36. The van der Waals surface area contributed by atoms with Gasteiger partial charge in [-0.25, -0.2) is 0 Å². The molecule has 1 aliphatic rings. The minimum Gasteiger partial charge on any atom is -0.399 e. The van der Waals surface area contributed by atoms with Crippen LogP contribution in [0.4, 0.5) is 11.4 Å². The fraction of sp³-hybridized carbons (Fsp3) is 0.0625. The van der Waals surface area contributed by atoms with Crippen molar-refractivity contribution in [3.8, 4) is 0 Å². The molecule has 0 atom stereocenters. The average Bonchev–Trinajstić information content (AvgIpc) is 2.76. The molecule has 24 heavy (non-hydrogen) atoms. The second-order valence-electron chi connectivity index (χ2n) is 5.15. The monoisotopic (exact) mass is 363 g/mol. The Morgan fingerprint density at radius 3 is 2.04 bits per heavy atom. The zero-order chi connectivity index (χ0) is 17.4. The lowest BCUT2D eigenvalue weighted by Gasteiger charge is -2.15. The summed E-state index contributed by atoms with van der Waals surface area (Å²) in [5, 5.41) is 2.82. The van der Waals surface area contributed by atoms with Gasteiger partial charge in [-0.05, 0) is 24.3 Å². The number of hydrogen-bond acceptors (Lipinski definition) is 4. The van der Waals surface area contributed by atoms with Gasteiger partial charge >= 0.3 is 0 Å². The Hall–Kier alpha value is -2.57. The van der Waals surface area contributed by atoms with Crippen LogP contribution in [-0.2, 0) is 4.79 Å². The lowest BCUT2D eigenvalue weighted by atomic mass is 10.1. The number of nitrogens with one attached hydrogen (secondary N) is 1. The second kappa shape index (κ2) is 6.14. The molecule has 3 amide bonds. The number of carbonyl (C=O) groups excluding carboxylic acids is 3. The zero-order valence-corrected chi connectivity index (χ0v) is 13.7. The minimum atomic E-state index is -0.599. The highest BCUT2D eigenvalue weighted by molar-refractivity contribution is 6.40. The molecule has 0 saturated heterocycles. The Labute approximate surface area is 147 Å². The molecule has 122 valence electrons. The predicted molar refractivity (Wildman–Crippen MR) is 91.3 cm³/mol. The van der Waals surface area contributed by atoms with Gasteiger partial charge in [-0.1, -0.05) is 35.3 Å². The van der Waals surface area contributed by atoms with E-state index in [1.54, 1.807) is 24.3 Å². The molecular formula is C16H11Cl2N3O3. The van der Waals surface area contributed by atoms with Gasteiger partial charge in [0.1, 0.15) is 6.54 Å². The van der Waals surface area contributed by atoms with Crippen molar-refractivity contribution in [2.45, 2.75) is 0 Å². The molecule has 3 rings (SSSR count). The number of hydrogen-bond donors (Lipinski definition) is 2. The van der Waals surface area contributed by atoms with Crippen molar-refractivity contribution in [2.24, 2.45) is 0 Å². The summed E-state index contributed by atoms with van der Waals surface area (Å²) in [5.41, 5.74) is 6.68. The molecule has 8 heteroatoms. The van der Waals surface area contributed by atoms with E-state index < -0.39 is 24.3 Å². The summed E-state index contributed by atoms with van der Waals surface area (Å²) < 4.78 is 0. The van der Waals surface area contributed by atoms with Crippen molar-refractivity contribution in [3.05, 3.63) is 57.6 Å². The van der Waals surface area contributed by atoms with E-state index in [9.17, 15) is 14.4 Å². The van der Waals surface area contributed by atoms with E-state index in [2.05, 4.69) is 5.32 Å². The Balaban J connectivity index is 1.78. The number of anilines is 2. The first-order chi connectivity index (χ1) is 11.4. The second-order valence-corrected chi connectivity index (χ2v) is 5.96. The summed E-state index contributed by atoms with van der Waals surface area (Å²) in [6, 6.07) is 9.27. The van der Waals surface area contributed by atoms with Crippen molar-refractivity contribution in [1.82, 2.24) is 4.90 Å². The van der Waals surface area contributed by atoms with Crippen molar-refractivity contribution in [3.63, 3.8) is 0 Å². The molecule has 0 aliphatic carbocycles. The molecule has 0 bridgehead atoms. The van der Waals surface area contributed by atoms with Crippen LogP contribution in [-0.4, -0.2) is 29.2 Å². The first-order valence-electron chi connectivity index (χ1n) is 6.88. The summed E-state index contributed by atoms with van der Waals surface area (Å²) in [6.07, 6.45) is 0. The van der Waals surface area contributed by atoms with Gasteiger partial charge in [-0.15, -0.1) is 0 Å². The number of nitrogens with two attached hydrogens (primary N) is 1. The maximum Gasteiger partial charge on any atom is 0.262 e. The third kappa shape index (κ3) is 2.81. The van der Waals surface area contributed by atoms with Crippen LogP contribution in [0.3, 0.4) is 0 Å². The number of carbonyl (C=O) groups is 3. The standard InChI is InChI=1S/C16H11Cl2N3O3/c17-11-5-8(19)6-12(18)14(11)20-13(22)7-21-15(23)9-3-1-2-4-10(9)16(21)24/h1-6H,7,19H2,(H,20,22). The maximum atomic E-state index is 12.2. The van der Waals surface area contributed by atoms with Crippen LogP contribution in [0.5, 0.6) is 0 Å². The molecule has 1 aliphatic heterocycles. The molecule has 1 heterocycles. The highest BCUT2D eigenvalue weighted by Crippen LogP contribution is 2.33. The molecular weight excluding hydrogens is 353 g/mol. The van der Waals surface area contributed by atoms with E-state index >= 15 is 0 Å². The van der Waals surface area contributed by atoms with Crippen LogP contribution in [0, 0.1) is 0 Å². The first kappa shape index (κ1) is 16.3. The summed E-state index contributed by atoms with van der Waals surface area (Å²) >= 11 is 12.0. The number of benzene rings is 2. The molecule has 3 N–H and O–H groups in total. The number of nitrogens with zero attached hydrogens (tertiary/aromatic N) is 1. The smallest absolute Gasteiger partial charge is 0.262 e. The van der Waals surface area contributed by atoms with Crippen LogP contribution in [0.2, 0.25) is 10.0 Å². The van der Waals surface area contributed by atoms with E-state index in [0.717, 1.165) is 4.90 Å². The fourth-order valence-corrected chi connectivity index (χ4v) is 3.02. The van der Waals surface area contributed by atoms with E-state index in [1.165, 1.54) is 12.1 Å². The number of imide groups is 1. The van der Waals surface area contributed by atoms with Gasteiger partial charge < -0.3 is 11.1 Å². The molecule has 0 saturated carbocycles. The molecule has 0 fully saturated rings. The van der Waals surface area contributed by atoms with Gasteiger partial charge in [0.05, 0.1) is 26.9 Å².